The monoisotopic (exact) mass is 292 g/mol. The minimum absolute atomic E-state index is 0.0763. The maximum atomic E-state index is 12.5. The molecule has 0 fully saturated rings. The SMILES string of the molecule is Cc1nc2n(c(=O)c1Cc1ccccc1Cl)CCS2. The highest BCUT2D eigenvalue weighted by molar-refractivity contribution is 7.99. The largest absolute Gasteiger partial charge is 0.287 e. The molecule has 0 radical (unpaired) electrons. The zero-order valence-electron chi connectivity index (χ0n) is 10.5. The van der Waals surface area contributed by atoms with Gasteiger partial charge in [0.25, 0.3) is 5.56 Å². The molecule has 1 aliphatic heterocycles. The van der Waals surface area contributed by atoms with Crippen LogP contribution in [-0.2, 0) is 13.0 Å². The van der Waals surface area contributed by atoms with Gasteiger partial charge in [-0.25, -0.2) is 4.98 Å². The van der Waals surface area contributed by atoms with Crippen molar-refractivity contribution in [1.29, 1.82) is 0 Å². The fraction of sp³-hybridized carbons (Fsp3) is 0.286. The summed E-state index contributed by atoms with van der Waals surface area (Å²) in [5.74, 6) is 0.928. The third-order valence-electron chi connectivity index (χ3n) is 3.31. The van der Waals surface area contributed by atoms with E-state index in [1.807, 2.05) is 31.2 Å². The quantitative estimate of drug-likeness (QED) is 0.798. The summed E-state index contributed by atoms with van der Waals surface area (Å²) in [7, 11) is 0. The summed E-state index contributed by atoms with van der Waals surface area (Å²) in [6, 6.07) is 7.63. The number of thioether (sulfide) groups is 1. The molecule has 0 amide bonds. The van der Waals surface area contributed by atoms with Crippen molar-refractivity contribution in [1.82, 2.24) is 9.55 Å². The lowest BCUT2D eigenvalue weighted by molar-refractivity contribution is 0.638. The number of benzene rings is 1. The molecule has 1 aromatic carbocycles. The molecule has 0 unspecified atom stereocenters. The molecule has 5 heteroatoms. The molecule has 3 rings (SSSR count). The van der Waals surface area contributed by atoms with Gasteiger partial charge in [0.2, 0.25) is 0 Å². The smallest absolute Gasteiger partial charge is 0.257 e. The zero-order chi connectivity index (χ0) is 13.4. The van der Waals surface area contributed by atoms with Gasteiger partial charge in [0.1, 0.15) is 0 Å². The standard InChI is InChI=1S/C14H13ClN2OS/c1-9-11(8-10-4-2-3-5-12(10)15)13(18)17-6-7-19-14(17)16-9/h2-5H,6-8H2,1H3. The Morgan fingerprint density at radius 2 is 2.21 bits per heavy atom. The molecule has 3 nitrogen and oxygen atoms in total. The minimum atomic E-state index is 0.0763. The molecule has 1 aromatic heterocycles. The molecule has 0 saturated carbocycles. The number of nitrogens with zero attached hydrogens (tertiary/aromatic N) is 2. The van der Waals surface area contributed by atoms with Crippen molar-refractivity contribution < 1.29 is 0 Å². The van der Waals surface area contributed by atoms with Crippen molar-refractivity contribution in [3.05, 3.63) is 56.5 Å². The Bertz CT molecular complexity index is 696. The Kier molecular flexibility index (Phi) is 3.37. The van der Waals surface area contributed by atoms with Gasteiger partial charge < -0.3 is 0 Å². The van der Waals surface area contributed by atoms with Gasteiger partial charge in [-0.2, -0.15) is 0 Å². The van der Waals surface area contributed by atoms with Crippen LogP contribution in [-0.4, -0.2) is 15.3 Å². The summed E-state index contributed by atoms with van der Waals surface area (Å²) in [5.41, 5.74) is 2.61. The van der Waals surface area contributed by atoms with Crippen molar-refractivity contribution >= 4 is 23.4 Å². The Labute approximate surface area is 120 Å². The fourth-order valence-electron chi connectivity index (χ4n) is 2.25. The summed E-state index contributed by atoms with van der Waals surface area (Å²) in [6.45, 7) is 2.65. The third-order valence-corrected chi connectivity index (χ3v) is 4.63. The Morgan fingerprint density at radius 3 is 3.00 bits per heavy atom. The fourth-order valence-corrected chi connectivity index (χ4v) is 3.44. The van der Waals surface area contributed by atoms with E-state index in [9.17, 15) is 4.79 Å². The van der Waals surface area contributed by atoms with Gasteiger partial charge >= 0.3 is 0 Å². The summed E-state index contributed by atoms with van der Waals surface area (Å²) in [6.07, 6.45) is 0.544. The molecule has 0 atom stereocenters. The highest BCUT2D eigenvalue weighted by Crippen LogP contribution is 2.24. The zero-order valence-corrected chi connectivity index (χ0v) is 12.1. The molecule has 2 heterocycles. The van der Waals surface area contributed by atoms with E-state index in [0.29, 0.717) is 11.4 Å². The predicted molar refractivity (Wildman–Crippen MR) is 78.2 cm³/mol. The second-order valence-corrected chi connectivity index (χ2v) is 6.00. The number of halogens is 1. The topological polar surface area (TPSA) is 34.9 Å². The number of aryl methyl sites for hydroxylation is 1. The van der Waals surface area contributed by atoms with E-state index in [0.717, 1.165) is 34.3 Å². The van der Waals surface area contributed by atoms with Gasteiger partial charge in [0, 0.05) is 35.0 Å². The summed E-state index contributed by atoms with van der Waals surface area (Å²) < 4.78 is 1.77. The number of hydrogen-bond donors (Lipinski definition) is 0. The lowest BCUT2D eigenvalue weighted by Crippen LogP contribution is -2.26. The first-order chi connectivity index (χ1) is 9.16. The average molecular weight is 293 g/mol. The molecule has 1 aliphatic rings. The Morgan fingerprint density at radius 1 is 1.42 bits per heavy atom. The van der Waals surface area contributed by atoms with Crippen LogP contribution in [0.4, 0.5) is 0 Å². The van der Waals surface area contributed by atoms with Crippen molar-refractivity contribution in [2.75, 3.05) is 5.75 Å². The van der Waals surface area contributed by atoms with Gasteiger partial charge in [-0.3, -0.25) is 9.36 Å². The first kappa shape index (κ1) is 12.8. The highest BCUT2D eigenvalue weighted by Gasteiger charge is 2.19. The number of aromatic nitrogens is 2. The first-order valence-corrected chi connectivity index (χ1v) is 7.49. The van der Waals surface area contributed by atoms with Crippen molar-refractivity contribution in [2.45, 2.75) is 25.0 Å². The molecule has 98 valence electrons. The van der Waals surface area contributed by atoms with E-state index >= 15 is 0 Å². The van der Waals surface area contributed by atoms with E-state index in [1.54, 1.807) is 16.3 Å². The van der Waals surface area contributed by atoms with Crippen LogP contribution in [0.25, 0.3) is 0 Å². The van der Waals surface area contributed by atoms with Crippen molar-refractivity contribution in [2.24, 2.45) is 0 Å². The number of hydrogen-bond acceptors (Lipinski definition) is 3. The molecule has 0 aliphatic carbocycles. The van der Waals surface area contributed by atoms with E-state index in [4.69, 9.17) is 11.6 Å². The van der Waals surface area contributed by atoms with E-state index in [-0.39, 0.29) is 5.56 Å². The summed E-state index contributed by atoms with van der Waals surface area (Å²) >= 11 is 7.80. The second-order valence-electron chi connectivity index (χ2n) is 4.53. The molecule has 0 saturated heterocycles. The number of fused-ring (bicyclic) bond motifs is 1. The molecular weight excluding hydrogens is 280 g/mol. The van der Waals surface area contributed by atoms with Crippen LogP contribution in [0.2, 0.25) is 5.02 Å². The van der Waals surface area contributed by atoms with Crippen LogP contribution in [0, 0.1) is 6.92 Å². The maximum Gasteiger partial charge on any atom is 0.257 e. The van der Waals surface area contributed by atoms with E-state index in [1.165, 1.54) is 0 Å². The molecular formula is C14H13ClN2OS. The van der Waals surface area contributed by atoms with Crippen LogP contribution in [0.5, 0.6) is 0 Å². The van der Waals surface area contributed by atoms with Gasteiger partial charge in [0.05, 0.1) is 0 Å². The molecule has 2 aromatic rings. The summed E-state index contributed by atoms with van der Waals surface area (Å²) in [5, 5.41) is 1.53. The van der Waals surface area contributed by atoms with Crippen molar-refractivity contribution in [3.8, 4) is 0 Å². The van der Waals surface area contributed by atoms with Crippen LogP contribution in [0.15, 0.2) is 34.2 Å². The second kappa shape index (κ2) is 5.02. The first-order valence-electron chi connectivity index (χ1n) is 6.13. The molecule has 19 heavy (non-hydrogen) atoms. The molecule has 0 spiro atoms. The van der Waals surface area contributed by atoms with Gasteiger partial charge in [-0.15, -0.1) is 0 Å². The van der Waals surface area contributed by atoms with Crippen molar-refractivity contribution in [3.63, 3.8) is 0 Å². The average Bonchev–Trinajstić information content (AvgIpc) is 2.84. The van der Waals surface area contributed by atoms with Crippen LogP contribution in [0.3, 0.4) is 0 Å². The number of rotatable bonds is 2. The Balaban J connectivity index is 2.07. The molecule has 0 bridgehead atoms. The van der Waals surface area contributed by atoms with Gasteiger partial charge in [-0.1, -0.05) is 41.6 Å². The van der Waals surface area contributed by atoms with Crippen LogP contribution >= 0.6 is 23.4 Å². The predicted octanol–water partition coefficient (Wildman–Crippen LogP) is 2.90. The van der Waals surface area contributed by atoms with E-state index < -0.39 is 0 Å². The Hall–Kier alpha value is -1.26. The van der Waals surface area contributed by atoms with Gasteiger partial charge in [-0.05, 0) is 18.6 Å². The lowest BCUT2D eigenvalue weighted by Gasteiger charge is -2.09. The molecule has 0 N–H and O–H groups in total. The van der Waals surface area contributed by atoms with Crippen LogP contribution in [0.1, 0.15) is 16.8 Å². The van der Waals surface area contributed by atoms with Gasteiger partial charge in [0.15, 0.2) is 5.16 Å². The lowest BCUT2D eigenvalue weighted by atomic mass is 10.1. The van der Waals surface area contributed by atoms with Crippen LogP contribution < -0.4 is 5.56 Å². The third kappa shape index (κ3) is 2.30. The highest BCUT2D eigenvalue weighted by atomic mass is 35.5. The normalized spacial score (nSPS) is 13.6. The van der Waals surface area contributed by atoms with E-state index in [2.05, 4.69) is 4.98 Å². The summed E-state index contributed by atoms with van der Waals surface area (Å²) in [4.78, 5) is 17.0. The minimum Gasteiger partial charge on any atom is -0.287 e. The maximum absolute atomic E-state index is 12.5.